The molecular weight excluding hydrogens is 368 g/mol. The Hall–Kier alpha value is -3.88. The SMILES string of the molecule is CNC(=N)N/N=C(\C)c1ccc2oc3ccc(/C(C)=N/NC(=N)NC)cc3c2c1. The summed E-state index contributed by atoms with van der Waals surface area (Å²) in [6, 6.07) is 11.8. The van der Waals surface area contributed by atoms with Crippen LogP contribution < -0.4 is 21.5 Å². The van der Waals surface area contributed by atoms with Gasteiger partial charge in [0.2, 0.25) is 11.9 Å². The molecule has 9 nitrogen and oxygen atoms in total. The molecule has 0 bridgehead atoms. The van der Waals surface area contributed by atoms with Gasteiger partial charge in [-0.3, -0.25) is 10.8 Å². The highest BCUT2D eigenvalue weighted by atomic mass is 16.3. The van der Waals surface area contributed by atoms with Crippen LogP contribution in [0.1, 0.15) is 25.0 Å². The molecule has 0 saturated heterocycles. The van der Waals surface area contributed by atoms with Crippen molar-refractivity contribution in [2.45, 2.75) is 13.8 Å². The Bertz CT molecular complexity index is 1050. The van der Waals surface area contributed by atoms with Crippen LogP contribution in [0.3, 0.4) is 0 Å². The summed E-state index contributed by atoms with van der Waals surface area (Å²) in [5.41, 5.74) is 10.2. The van der Waals surface area contributed by atoms with E-state index in [1.807, 2.05) is 50.2 Å². The maximum atomic E-state index is 7.57. The number of nitrogens with one attached hydrogen (secondary N) is 6. The third-order valence-corrected chi connectivity index (χ3v) is 4.48. The Labute approximate surface area is 168 Å². The van der Waals surface area contributed by atoms with Crippen LogP contribution in [0.15, 0.2) is 51.0 Å². The predicted octanol–water partition coefficient (Wildman–Crippen LogP) is 2.52. The molecule has 6 N–H and O–H groups in total. The molecule has 0 aliphatic carbocycles. The van der Waals surface area contributed by atoms with Crippen LogP contribution in [0.2, 0.25) is 0 Å². The van der Waals surface area contributed by atoms with Gasteiger partial charge in [0, 0.05) is 24.9 Å². The lowest BCUT2D eigenvalue weighted by atomic mass is 10.0. The number of furan rings is 1. The van der Waals surface area contributed by atoms with E-state index in [0.717, 1.165) is 44.5 Å². The molecule has 9 heteroatoms. The molecule has 0 aliphatic rings. The van der Waals surface area contributed by atoms with Gasteiger partial charge in [0.15, 0.2) is 0 Å². The van der Waals surface area contributed by atoms with E-state index in [1.165, 1.54) is 0 Å². The molecule has 2 aromatic carbocycles. The number of hydrazone groups is 2. The van der Waals surface area contributed by atoms with E-state index in [1.54, 1.807) is 14.1 Å². The van der Waals surface area contributed by atoms with Gasteiger partial charge in [-0.15, -0.1) is 0 Å². The normalized spacial score (nSPS) is 12.1. The predicted molar refractivity (Wildman–Crippen MR) is 118 cm³/mol. The number of hydrogen-bond donors (Lipinski definition) is 6. The van der Waals surface area contributed by atoms with Crippen molar-refractivity contribution in [2.75, 3.05) is 14.1 Å². The molecule has 0 atom stereocenters. The van der Waals surface area contributed by atoms with Crippen LogP contribution in [-0.2, 0) is 0 Å². The first-order valence-electron chi connectivity index (χ1n) is 9.03. The summed E-state index contributed by atoms with van der Waals surface area (Å²) >= 11 is 0. The van der Waals surface area contributed by atoms with Crippen molar-refractivity contribution in [1.82, 2.24) is 21.5 Å². The van der Waals surface area contributed by atoms with Crippen LogP contribution in [0, 0.1) is 10.8 Å². The number of guanidine groups is 2. The Morgan fingerprint density at radius 3 is 1.55 bits per heavy atom. The molecule has 0 saturated carbocycles. The second-order valence-electron chi connectivity index (χ2n) is 6.39. The highest BCUT2D eigenvalue weighted by Crippen LogP contribution is 2.30. The number of nitrogens with zero attached hydrogens (tertiary/aromatic N) is 2. The zero-order chi connectivity index (χ0) is 21.0. The van der Waals surface area contributed by atoms with Gasteiger partial charge in [-0.2, -0.15) is 10.2 Å². The first kappa shape index (κ1) is 19.9. The van der Waals surface area contributed by atoms with Gasteiger partial charge in [-0.1, -0.05) is 0 Å². The average Bonchev–Trinajstić information content (AvgIpc) is 3.12. The van der Waals surface area contributed by atoms with E-state index in [-0.39, 0.29) is 11.9 Å². The summed E-state index contributed by atoms with van der Waals surface area (Å²) in [6.07, 6.45) is 0. The molecule has 1 heterocycles. The summed E-state index contributed by atoms with van der Waals surface area (Å²) in [5.74, 6) is 0.247. The Balaban J connectivity index is 1.99. The van der Waals surface area contributed by atoms with Crippen LogP contribution in [0.25, 0.3) is 21.9 Å². The zero-order valence-electron chi connectivity index (χ0n) is 16.8. The number of rotatable bonds is 4. The monoisotopic (exact) mass is 392 g/mol. The molecule has 3 aromatic rings. The standard InChI is InChI=1S/C20H24N8O/c1-11(25-27-19(21)23-3)13-5-7-17-15(9-13)16-10-14(6-8-18(16)29-17)12(2)26-28-20(22)24-4/h5-10H,1-4H3,(H3,21,23,27)(H3,22,24,28)/b25-11+,26-12+. The molecule has 0 spiro atoms. The van der Waals surface area contributed by atoms with Crippen LogP contribution in [0.4, 0.5) is 0 Å². The van der Waals surface area contributed by atoms with E-state index in [9.17, 15) is 0 Å². The third kappa shape index (κ3) is 4.34. The van der Waals surface area contributed by atoms with Gasteiger partial charge in [-0.25, -0.2) is 10.9 Å². The number of fused-ring (bicyclic) bond motifs is 3. The Kier molecular flexibility index (Phi) is 5.77. The molecule has 150 valence electrons. The molecule has 0 aliphatic heterocycles. The number of hydrogen-bond acceptors (Lipinski definition) is 5. The minimum Gasteiger partial charge on any atom is -0.456 e. The first-order valence-corrected chi connectivity index (χ1v) is 9.03. The minimum atomic E-state index is 0.124. The van der Waals surface area contributed by atoms with Crippen molar-refractivity contribution < 1.29 is 4.42 Å². The molecule has 3 rings (SSSR count). The quantitative estimate of drug-likeness (QED) is 0.230. The fourth-order valence-corrected chi connectivity index (χ4v) is 2.75. The molecule has 0 radical (unpaired) electrons. The van der Waals surface area contributed by atoms with Crippen molar-refractivity contribution >= 4 is 45.3 Å². The van der Waals surface area contributed by atoms with Crippen molar-refractivity contribution in [2.24, 2.45) is 10.2 Å². The molecule has 1 aromatic heterocycles. The van der Waals surface area contributed by atoms with Crippen molar-refractivity contribution in [3.8, 4) is 0 Å². The Morgan fingerprint density at radius 2 is 1.17 bits per heavy atom. The molecule has 29 heavy (non-hydrogen) atoms. The van der Waals surface area contributed by atoms with E-state index < -0.39 is 0 Å². The summed E-state index contributed by atoms with van der Waals surface area (Å²) in [7, 11) is 3.31. The maximum Gasteiger partial charge on any atom is 0.208 e. The van der Waals surface area contributed by atoms with Crippen molar-refractivity contribution in [3.05, 3.63) is 47.5 Å². The van der Waals surface area contributed by atoms with Gasteiger partial charge in [0.05, 0.1) is 11.4 Å². The van der Waals surface area contributed by atoms with Crippen molar-refractivity contribution in [3.63, 3.8) is 0 Å². The largest absolute Gasteiger partial charge is 0.456 e. The Morgan fingerprint density at radius 1 is 0.759 bits per heavy atom. The third-order valence-electron chi connectivity index (χ3n) is 4.48. The maximum absolute atomic E-state index is 7.57. The molecule has 0 fully saturated rings. The van der Waals surface area contributed by atoms with E-state index in [4.69, 9.17) is 15.2 Å². The van der Waals surface area contributed by atoms with Crippen molar-refractivity contribution in [1.29, 1.82) is 10.8 Å². The van der Waals surface area contributed by atoms with Gasteiger partial charge in [0.25, 0.3) is 0 Å². The topological polar surface area (TPSA) is 134 Å². The molecule has 0 amide bonds. The summed E-state index contributed by atoms with van der Waals surface area (Å²) < 4.78 is 5.95. The number of benzene rings is 2. The summed E-state index contributed by atoms with van der Waals surface area (Å²) in [6.45, 7) is 3.76. The van der Waals surface area contributed by atoms with Gasteiger partial charge < -0.3 is 15.1 Å². The minimum absolute atomic E-state index is 0.124. The summed E-state index contributed by atoms with van der Waals surface area (Å²) in [5, 5.41) is 30.9. The van der Waals surface area contributed by atoms with Gasteiger partial charge in [-0.05, 0) is 61.4 Å². The van der Waals surface area contributed by atoms with E-state index in [2.05, 4.69) is 31.7 Å². The van der Waals surface area contributed by atoms with Gasteiger partial charge in [0.1, 0.15) is 11.2 Å². The summed E-state index contributed by atoms with van der Waals surface area (Å²) in [4.78, 5) is 0. The molecular formula is C20H24N8O. The molecule has 0 unspecified atom stereocenters. The fraction of sp³-hybridized carbons (Fsp3) is 0.200. The van der Waals surface area contributed by atoms with Crippen LogP contribution >= 0.6 is 0 Å². The first-order chi connectivity index (χ1) is 13.9. The van der Waals surface area contributed by atoms with E-state index >= 15 is 0 Å². The average molecular weight is 392 g/mol. The second kappa shape index (κ2) is 8.42. The lowest BCUT2D eigenvalue weighted by Gasteiger charge is -2.05. The van der Waals surface area contributed by atoms with Gasteiger partial charge >= 0.3 is 0 Å². The van der Waals surface area contributed by atoms with Crippen LogP contribution in [0.5, 0.6) is 0 Å². The lowest BCUT2D eigenvalue weighted by molar-refractivity contribution is 0.669. The fourth-order valence-electron chi connectivity index (χ4n) is 2.75. The smallest absolute Gasteiger partial charge is 0.208 e. The van der Waals surface area contributed by atoms with E-state index in [0.29, 0.717) is 0 Å². The zero-order valence-corrected chi connectivity index (χ0v) is 16.8. The van der Waals surface area contributed by atoms with Crippen LogP contribution in [-0.4, -0.2) is 37.4 Å². The second-order valence-corrected chi connectivity index (χ2v) is 6.39. The lowest BCUT2D eigenvalue weighted by Crippen LogP contribution is -2.30. The highest BCUT2D eigenvalue weighted by molar-refractivity contribution is 6.11. The highest BCUT2D eigenvalue weighted by Gasteiger charge is 2.11.